The van der Waals surface area contributed by atoms with E-state index in [9.17, 15) is 13.0 Å². The third kappa shape index (κ3) is 14.5. The van der Waals surface area contributed by atoms with E-state index in [1.54, 1.807) is 6.07 Å². The van der Waals surface area contributed by atoms with E-state index < -0.39 is 10.1 Å². The fraction of sp³-hybridized carbons (Fsp3) is 0.722. The number of fused-ring (bicyclic) bond motifs is 1. The molecule has 2 aromatic carbocycles. The van der Waals surface area contributed by atoms with Gasteiger partial charge in [0.05, 0.1) is 0 Å². The van der Waals surface area contributed by atoms with Gasteiger partial charge in [0.25, 0.3) is 10.1 Å². The smallest absolute Gasteiger partial charge is 0.282 e. The number of hydrogen-bond acceptors (Lipinski definition) is 2. The minimum atomic E-state index is -4.27. The molecule has 0 spiro atoms. The van der Waals surface area contributed by atoms with Crippen molar-refractivity contribution in [1.82, 2.24) is 0 Å². The molecular formula is C36H60O3S. The van der Waals surface area contributed by atoms with Crippen molar-refractivity contribution in [3.63, 3.8) is 0 Å². The van der Waals surface area contributed by atoms with Crippen molar-refractivity contribution in [2.24, 2.45) is 0 Å². The molecule has 0 saturated carbocycles. The second-order valence-electron chi connectivity index (χ2n) is 12.2. The first-order chi connectivity index (χ1) is 19.5. The Hall–Kier alpha value is -1.39. The second kappa shape index (κ2) is 21.3. The van der Waals surface area contributed by atoms with Crippen LogP contribution in [0.4, 0.5) is 0 Å². The van der Waals surface area contributed by atoms with Crippen molar-refractivity contribution < 1.29 is 13.0 Å². The summed E-state index contributed by atoms with van der Waals surface area (Å²) in [4.78, 5) is 0.0730. The van der Waals surface area contributed by atoms with Crippen molar-refractivity contribution in [3.8, 4) is 0 Å². The van der Waals surface area contributed by atoms with E-state index in [2.05, 4.69) is 26.0 Å². The summed E-state index contributed by atoms with van der Waals surface area (Å²) in [5, 5.41) is 1.66. The fourth-order valence-corrected chi connectivity index (χ4v) is 6.78. The maximum Gasteiger partial charge on any atom is 0.295 e. The standard InChI is InChI=1S/C36H60O3S/c1-3-5-7-9-11-13-15-17-19-21-23-26-32-30-35-33(28-25-29-34(35)36(31-32)40(37,38)39)27-24-22-20-18-16-14-12-10-8-6-4-2/h25,28-31H,3-24,26-27H2,1-2H3,(H,37,38,39). The summed E-state index contributed by atoms with van der Waals surface area (Å²) in [5.74, 6) is 0. The molecule has 0 aliphatic rings. The van der Waals surface area contributed by atoms with Gasteiger partial charge in [-0.2, -0.15) is 8.42 Å². The Kier molecular flexibility index (Phi) is 18.6. The molecule has 0 heterocycles. The van der Waals surface area contributed by atoms with Gasteiger partial charge in [-0.15, -0.1) is 0 Å². The van der Waals surface area contributed by atoms with Crippen LogP contribution in [0.2, 0.25) is 0 Å². The van der Waals surface area contributed by atoms with Gasteiger partial charge >= 0.3 is 0 Å². The summed E-state index contributed by atoms with van der Waals surface area (Å²) in [6, 6.07) is 9.81. The molecule has 0 fully saturated rings. The SMILES string of the molecule is CCCCCCCCCCCCCc1cc(S(=O)(=O)O)c2cccc(CCCCCCCCCCCCC)c2c1. The van der Waals surface area contributed by atoms with Crippen molar-refractivity contribution in [3.05, 3.63) is 41.5 Å². The van der Waals surface area contributed by atoms with Crippen LogP contribution in [0.25, 0.3) is 10.8 Å². The maximum absolute atomic E-state index is 12.3. The Morgan fingerprint density at radius 2 is 0.950 bits per heavy atom. The molecule has 0 amide bonds. The highest BCUT2D eigenvalue weighted by Crippen LogP contribution is 2.30. The predicted molar refractivity (Wildman–Crippen MR) is 174 cm³/mol. The van der Waals surface area contributed by atoms with E-state index >= 15 is 0 Å². The number of rotatable bonds is 25. The van der Waals surface area contributed by atoms with Crippen molar-refractivity contribution >= 4 is 20.9 Å². The molecule has 1 N–H and O–H groups in total. The van der Waals surface area contributed by atoms with Crippen LogP contribution in [0.15, 0.2) is 35.2 Å². The van der Waals surface area contributed by atoms with Gasteiger partial charge in [0.15, 0.2) is 0 Å². The summed E-state index contributed by atoms with van der Waals surface area (Å²) < 4.78 is 34.6. The highest BCUT2D eigenvalue weighted by molar-refractivity contribution is 7.86. The van der Waals surface area contributed by atoms with Crippen molar-refractivity contribution in [1.29, 1.82) is 0 Å². The first-order valence-corrected chi connectivity index (χ1v) is 18.4. The predicted octanol–water partition coefficient (Wildman–Crippen LogP) is 11.8. The Bertz CT molecular complexity index is 1030. The van der Waals surface area contributed by atoms with Gasteiger partial charge in [0, 0.05) is 5.39 Å². The Balaban J connectivity index is 1.81. The molecule has 2 rings (SSSR count). The highest BCUT2D eigenvalue weighted by atomic mass is 32.2. The number of aryl methyl sites for hydroxylation is 2. The van der Waals surface area contributed by atoms with Gasteiger partial charge in [-0.3, -0.25) is 4.55 Å². The molecular weight excluding hydrogens is 512 g/mol. The third-order valence-electron chi connectivity index (χ3n) is 8.50. The lowest BCUT2D eigenvalue weighted by molar-refractivity contribution is 0.484. The van der Waals surface area contributed by atoms with E-state index in [1.807, 2.05) is 12.1 Å². The van der Waals surface area contributed by atoms with Crippen LogP contribution in [0.3, 0.4) is 0 Å². The molecule has 0 radical (unpaired) electrons. The lowest BCUT2D eigenvalue weighted by Gasteiger charge is -2.13. The third-order valence-corrected chi connectivity index (χ3v) is 9.40. The summed E-state index contributed by atoms with van der Waals surface area (Å²) >= 11 is 0. The highest BCUT2D eigenvalue weighted by Gasteiger charge is 2.17. The zero-order chi connectivity index (χ0) is 28.9. The first-order valence-electron chi connectivity index (χ1n) is 17.0. The molecule has 0 aliphatic carbocycles. The number of benzene rings is 2. The molecule has 4 heteroatoms. The topological polar surface area (TPSA) is 54.4 Å². The van der Waals surface area contributed by atoms with Crippen LogP contribution < -0.4 is 0 Å². The average molecular weight is 573 g/mol. The van der Waals surface area contributed by atoms with E-state index in [1.165, 1.54) is 134 Å². The summed E-state index contributed by atoms with van der Waals surface area (Å²) in [6.07, 6.45) is 30.6. The minimum Gasteiger partial charge on any atom is -0.282 e. The molecule has 2 aromatic rings. The van der Waals surface area contributed by atoms with Crippen LogP contribution in [0, 0.1) is 0 Å². The van der Waals surface area contributed by atoms with Crippen molar-refractivity contribution in [2.75, 3.05) is 0 Å². The average Bonchev–Trinajstić information content (AvgIpc) is 2.94. The Morgan fingerprint density at radius 1 is 0.525 bits per heavy atom. The van der Waals surface area contributed by atoms with Gasteiger partial charge in [-0.05, 0) is 48.3 Å². The molecule has 0 bridgehead atoms. The molecule has 0 aromatic heterocycles. The lowest BCUT2D eigenvalue weighted by Crippen LogP contribution is -2.02. The maximum atomic E-state index is 12.3. The molecule has 228 valence electrons. The normalized spacial score (nSPS) is 12.0. The first kappa shape index (κ1) is 34.8. The van der Waals surface area contributed by atoms with Gasteiger partial charge in [-0.1, -0.05) is 167 Å². The molecule has 0 atom stereocenters. The zero-order valence-corrected chi connectivity index (χ0v) is 26.8. The summed E-state index contributed by atoms with van der Waals surface area (Å²) in [6.45, 7) is 4.53. The van der Waals surface area contributed by atoms with Crippen LogP contribution in [-0.2, 0) is 23.0 Å². The largest absolute Gasteiger partial charge is 0.295 e. The van der Waals surface area contributed by atoms with Gasteiger partial charge in [-0.25, -0.2) is 0 Å². The zero-order valence-electron chi connectivity index (χ0n) is 26.0. The Labute approximate surface area is 247 Å². The second-order valence-corrected chi connectivity index (χ2v) is 13.5. The van der Waals surface area contributed by atoms with E-state index in [0.717, 1.165) is 36.6 Å². The van der Waals surface area contributed by atoms with Gasteiger partial charge in [0.2, 0.25) is 0 Å². The lowest BCUT2D eigenvalue weighted by atomic mass is 9.95. The van der Waals surface area contributed by atoms with Gasteiger partial charge < -0.3 is 0 Å². The monoisotopic (exact) mass is 572 g/mol. The molecule has 0 unspecified atom stereocenters. The minimum absolute atomic E-state index is 0.0730. The molecule has 3 nitrogen and oxygen atoms in total. The number of unbranched alkanes of at least 4 members (excludes halogenated alkanes) is 20. The summed E-state index contributed by atoms with van der Waals surface area (Å²) in [5.41, 5.74) is 2.24. The van der Waals surface area contributed by atoms with Crippen LogP contribution >= 0.6 is 0 Å². The van der Waals surface area contributed by atoms with Crippen molar-refractivity contribution in [2.45, 2.75) is 173 Å². The quantitative estimate of drug-likeness (QED) is 0.0950. The van der Waals surface area contributed by atoms with E-state index in [-0.39, 0.29) is 4.90 Å². The fourth-order valence-electron chi connectivity index (χ4n) is 6.02. The summed E-state index contributed by atoms with van der Waals surface area (Å²) in [7, 11) is -4.27. The Morgan fingerprint density at radius 3 is 1.40 bits per heavy atom. The van der Waals surface area contributed by atoms with E-state index in [4.69, 9.17) is 0 Å². The van der Waals surface area contributed by atoms with Crippen LogP contribution in [-0.4, -0.2) is 13.0 Å². The molecule has 0 saturated heterocycles. The molecule has 40 heavy (non-hydrogen) atoms. The van der Waals surface area contributed by atoms with Crippen LogP contribution in [0.1, 0.15) is 166 Å². The van der Waals surface area contributed by atoms with E-state index in [0.29, 0.717) is 5.39 Å². The molecule has 0 aliphatic heterocycles. The van der Waals surface area contributed by atoms with Gasteiger partial charge in [0.1, 0.15) is 4.90 Å². The number of hydrogen-bond donors (Lipinski definition) is 1. The van der Waals surface area contributed by atoms with Crippen LogP contribution in [0.5, 0.6) is 0 Å².